The van der Waals surface area contributed by atoms with Crippen LogP contribution >= 0.6 is 0 Å². The Balaban J connectivity index is 1.41. The molecule has 1 aliphatic rings. The molecular weight excluding hydrogens is 291 g/mol. The van der Waals surface area contributed by atoms with E-state index in [1.807, 2.05) is 30.3 Å². The minimum atomic E-state index is -0.188. The number of benzene rings is 2. The van der Waals surface area contributed by atoms with Gasteiger partial charge in [0.15, 0.2) is 0 Å². The molecule has 118 valence electrons. The molecule has 0 atom stereocenters. The molecule has 0 spiro atoms. The van der Waals surface area contributed by atoms with Gasteiger partial charge in [-0.25, -0.2) is 9.37 Å². The predicted molar refractivity (Wildman–Crippen MR) is 91.4 cm³/mol. The lowest BCUT2D eigenvalue weighted by Crippen LogP contribution is -2.39. The van der Waals surface area contributed by atoms with Gasteiger partial charge < -0.3 is 15.2 Å². The first-order valence-electron chi connectivity index (χ1n) is 8.00. The minimum absolute atomic E-state index is 0.188. The Morgan fingerprint density at radius 1 is 1.04 bits per heavy atom. The van der Waals surface area contributed by atoms with E-state index in [2.05, 4.69) is 20.2 Å². The van der Waals surface area contributed by atoms with Crippen LogP contribution in [0.25, 0.3) is 11.0 Å². The number of piperidine rings is 1. The second-order valence-corrected chi connectivity index (χ2v) is 5.96. The molecule has 5 heteroatoms. The average molecular weight is 310 g/mol. The fourth-order valence-electron chi connectivity index (χ4n) is 3.12. The molecule has 2 N–H and O–H groups in total. The number of nitrogens with one attached hydrogen (secondary N) is 2. The van der Waals surface area contributed by atoms with Gasteiger partial charge in [0, 0.05) is 19.1 Å². The quantitative estimate of drug-likeness (QED) is 0.773. The second kappa shape index (κ2) is 5.91. The molecule has 1 saturated heterocycles. The standard InChI is InChI=1S/C18H19FN4/c19-14-5-1-2-6-15(14)20-13-9-11-23(12-10-13)18-21-16-7-3-4-8-17(16)22-18/h1-8,13,20H,9-12H2,(H,21,22). The van der Waals surface area contributed by atoms with Crippen molar-refractivity contribution in [2.75, 3.05) is 23.3 Å². The fourth-order valence-corrected chi connectivity index (χ4v) is 3.12. The summed E-state index contributed by atoms with van der Waals surface area (Å²) in [5.41, 5.74) is 2.65. The van der Waals surface area contributed by atoms with E-state index in [1.165, 1.54) is 6.07 Å². The highest BCUT2D eigenvalue weighted by Gasteiger charge is 2.21. The summed E-state index contributed by atoms with van der Waals surface area (Å²) in [7, 11) is 0. The molecule has 0 radical (unpaired) electrons. The second-order valence-electron chi connectivity index (χ2n) is 5.96. The van der Waals surface area contributed by atoms with Gasteiger partial charge in [-0.15, -0.1) is 0 Å². The van der Waals surface area contributed by atoms with E-state index in [0.717, 1.165) is 42.9 Å². The molecule has 3 aromatic rings. The molecule has 1 aliphatic heterocycles. The molecule has 1 fully saturated rings. The average Bonchev–Trinajstić information content (AvgIpc) is 3.02. The topological polar surface area (TPSA) is 44.0 Å². The highest BCUT2D eigenvalue weighted by Crippen LogP contribution is 2.23. The van der Waals surface area contributed by atoms with E-state index in [0.29, 0.717) is 11.7 Å². The Kier molecular flexibility index (Phi) is 3.61. The third-order valence-corrected chi connectivity index (χ3v) is 4.40. The van der Waals surface area contributed by atoms with Crippen LogP contribution in [0.4, 0.5) is 16.0 Å². The number of imidazole rings is 1. The molecule has 0 aliphatic carbocycles. The Morgan fingerprint density at radius 2 is 1.78 bits per heavy atom. The van der Waals surface area contributed by atoms with Crippen molar-refractivity contribution in [3.8, 4) is 0 Å². The first-order valence-corrected chi connectivity index (χ1v) is 8.00. The van der Waals surface area contributed by atoms with E-state index in [-0.39, 0.29) is 5.82 Å². The zero-order chi connectivity index (χ0) is 15.6. The number of fused-ring (bicyclic) bond motifs is 1. The molecule has 2 heterocycles. The van der Waals surface area contributed by atoms with Crippen molar-refractivity contribution in [1.29, 1.82) is 0 Å². The number of hydrogen-bond donors (Lipinski definition) is 2. The monoisotopic (exact) mass is 310 g/mol. The van der Waals surface area contributed by atoms with Gasteiger partial charge in [0.25, 0.3) is 0 Å². The summed E-state index contributed by atoms with van der Waals surface area (Å²) in [5, 5.41) is 3.32. The number of aromatic amines is 1. The minimum Gasteiger partial charge on any atom is -0.380 e. The number of rotatable bonds is 3. The molecule has 2 aromatic carbocycles. The maximum Gasteiger partial charge on any atom is 0.203 e. The Morgan fingerprint density at radius 3 is 2.57 bits per heavy atom. The normalized spacial score (nSPS) is 16.0. The molecule has 0 unspecified atom stereocenters. The van der Waals surface area contributed by atoms with Gasteiger partial charge in [-0.05, 0) is 37.1 Å². The van der Waals surface area contributed by atoms with Gasteiger partial charge in [-0.3, -0.25) is 0 Å². The van der Waals surface area contributed by atoms with E-state index in [4.69, 9.17) is 0 Å². The number of aromatic nitrogens is 2. The van der Waals surface area contributed by atoms with Crippen molar-refractivity contribution in [2.45, 2.75) is 18.9 Å². The number of halogens is 1. The van der Waals surface area contributed by atoms with Gasteiger partial charge in [-0.1, -0.05) is 24.3 Å². The molecule has 23 heavy (non-hydrogen) atoms. The SMILES string of the molecule is Fc1ccccc1NC1CCN(c2nc3ccccc3[nH]2)CC1. The fraction of sp³-hybridized carbons (Fsp3) is 0.278. The van der Waals surface area contributed by atoms with E-state index in [1.54, 1.807) is 12.1 Å². The van der Waals surface area contributed by atoms with E-state index in [9.17, 15) is 4.39 Å². The predicted octanol–water partition coefficient (Wildman–Crippen LogP) is 3.78. The number of para-hydroxylation sites is 3. The van der Waals surface area contributed by atoms with Crippen molar-refractivity contribution in [3.05, 3.63) is 54.3 Å². The molecule has 0 amide bonds. The van der Waals surface area contributed by atoms with Gasteiger partial charge in [0.1, 0.15) is 5.82 Å². The van der Waals surface area contributed by atoms with Crippen LogP contribution in [0.2, 0.25) is 0 Å². The van der Waals surface area contributed by atoms with Gasteiger partial charge in [0.05, 0.1) is 16.7 Å². The van der Waals surface area contributed by atoms with Crippen LogP contribution in [-0.2, 0) is 0 Å². The summed E-state index contributed by atoms with van der Waals surface area (Å²) < 4.78 is 13.7. The molecular formula is C18H19FN4. The highest BCUT2D eigenvalue weighted by atomic mass is 19.1. The van der Waals surface area contributed by atoms with Gasteiger partial charge >= 0.3 is 0 Å². The third-order valence-electron chi connectivity index (χ3n) is 4.40. The van der Waals surface area contributed by atoms with E-state index >= 15 is 0 Å². The maximum atomic E-state index is 13.7. The van der Waals surface area contributed by atoms with Crippen LogP contribution in [0.5, 0.6) is 0 Å². The first-order chi connectivity index (χ1) is 11.3. The third kappa shape index (κ3) is 2.86. The van der Waals surface area contributed by atoms with Crippen molar-refractivity contribution in [3.63, 3.8) is 0 Å². The number of nitrogens with zero attached hydrogens (tertiary/aromatic N) is 2. The van der Waals surface area contributed by atoms with Crippen LogP contribution in [0.1, 0.15) is 12.8 Å². The first kappa shape index (κ1) is 14.1. The Bertz CT molecular complexity index is 772. The summed E-state index contributed by atoms with van der Waals surface area (Å²) >= 11 is 0. The molecule has 4 nitrogen and oxygen atoms in total. The number of H-pyrrole nitrogens is 1. The lowest BCUT2D eigenvalue weighted by Gasteiger charge is -2.32. The van der Waals surface area contributed by atoms with Crippen LogP contribution in [0.15, 0.2) is 48.5 Å². The number of hydrogen-bond acceptors (Lipinski definition) is 3. The number of anilines is 2. The van der Waals surface area contributed by atoms with Crippen molar-refractivity contribution in [2.24, 2.45) is 0 Å². The lowest BCUT2D eigenvalue weighted by molar-refractivity contribution is 0.517. The van der Waals surface area contributed by atoms with E-state index < -0.39 is 0 Å². The summed E-state index contributed by atoms with van der Waals surface area (Å²) in [6.45, 7) is 1.82. The summed E-state index contributed by atoms with van der Waals surface area (Å²) in [5.74, 6) is 0.739. The molecule has 1 aromatic heterocycles. The zero-order valence-electron chi connectivity index (χ0n) is 12.8. The van der Waals surface area contributed by atoms with Crippen molar-refractivity contribution < 1.29 is 4.39 Å². The smallest absolute Gasteiger partial charge is 0.203 e. The van der Waals surface area contributed by atoms with Crippen molar-refractivity contribution in [1.82, 2.24) is 9.97 Å². The van der Waals surface area contributed by atoms with Crippen molar-refractivity contribution >= 4 is 22.7 Å². The Hall–Kier alpha value is -2.56. The maximum absolute atomic E-state index is 13.7. The lowest BCUT2D eigenvalue weighted by atomic mass is 10.0. The highest BCUT2D eigenvalue weighted by molar-refractivity contribution is 5.77. The summed E-state index contributed by atoms with van der Waals surface area (Å²) in [4.78, 5) is 10.3. The van der Waals surface area contributed by atoms with Crippen LogP contribution < -0.4 is 10.2 Å². The van der Waals surface area contributed by atoms with Crippen LogP contribution in [0, 0.1) is 5.82 Å². The van der Waals surface area contributed by atoms with Crippen LogP contribution in [-0.4, -0.2) is 29.1 Å². The summed E-state index contributed by atoms with van der Waals surface area (Å²) in [6, 6.07) is 15.2. The summed E-state index contributed by atoms with van der Waals surface area (Å²) in [6.07, 6.45) is 1.93. The largest absolute Gasteiger partial charge is 0.380 e. The van der Waals surface area contributed by atoms with Crippen LogP contribution in [0.3, 0.4) is 0 Å². The molecule has 4 rings (SSSR count). The van der Waals surface area contributed by atoms with Gasteiger partial charge in [0.2, 0.25) is 5.95 Å². The molecule has 0 saturated carbocycles. The molecule has 0 bridgehead atoms. The van der Waals surface area contributed by atoms with Gasteiger partial charge in [-0.2, -0.15) is 0 Å². The Labute approximate surface area is 134 Å². The zero-order valence-corrected chi connectivity index (χ0v) is 12.8.